The number of carboxylic acid groups (broad SMARTS) is 1. The Hall–Kier alpha value is -2.46. The highest BCUT2D eigenvalue weighted by Gasteiger charge is 2.21. The summed E-state index contributed by atoms with van der Waals surface area (Å²) in [6.07, 6.45) is 0. The van der Waals surface area contributed by atoms with E-state index in [0.717, 1.165) is 27.4 Å². The Morgan fingerprint density at radius 2 is 1.85 bits per heavy atom. The summed E-state index contributed by atoms with van der Waals surface area (Å²) in [5.41, 5.74) is 8.78. The van der Waals surface area contributed by atoms with Gasteiger partial charge in [0.2, 0.25) is 11.0 Å². The molecule has 0 saturated heterocycles. The first-order chi connectivity index (χ1) is 9.63. The van der Waals surface area contributed by atoms with E-state index in [4.69, 9.17) is 5.73 Å². The largest absolute Gasteiger partial charge is 0.478 e. The highest BCUT2D eigenvalue weighted by Crippen LogP contribution is 2.25. The Balaban J connectivity index is 2.58. The van der Waals surface area contributed by atoms with Gasteiger partial charge in [0, 0.05) is 18.7 Å². The Morgan fingerprint density at radius 1 is 1.15 bits per heavy atom. The number of para-hydroxylation sites is 1. The van der Waals surface area contributed by atoms with Gasteiger partial charge in [0.15, 0.2) is 0 Å². The second kappa shape index (κ2) is 4.58. The summed E-state index contributed by atoms with van der Waals surface area (Å²) < 4.78 is 2.01. The molecule has 4 nitrogen and oxygen atoms in total. The summed E-state index contributed by atoms with van der Waals surface area (Å²) in [4.78, 5) is 11.7. The van der Waals surface area contributed by atoms with Gasteiger partial charge in [-0.05, 0) is 17.7 Å². The molecular weight excluding hydrogens is 252 g/mol. The van der Waals surface area contributed by atoms with Crippen LogP contribution in [0.25, 0.3) is 21.8 Å². The van der Waals surface area contributed by atoms with Crippen LogP contribution in [0.2, 0.25) is 0 Å². The lowest BCUT2D eigenvalue weighted by Gasteiger charge is -2.07. The Labute approximate surface area is 116 Å². The molecule has 0 aliphatic rings. The number of aromatic nitrogens is 1. The van der Waals surface area contributed by atoms with E-state index in [0.29, 0.717) is 12.1 Å². The van der Waals surface area contributed by atoms with E-state index in [2.05, 4.69) is 0 Å². The van der Waals surface area contributed by atoms with Crippen molar-refractivity contribution >= 4 is 27.8 Å². The third-order valence-corrected chi connectivity index (χ3v) is 3.68. The number of hydrogen-bond acceptors (Lipinski definition) is 2. The Kier molecular flexibility index (Phi) is 2.88. The fourth-order valence-corrected chi connectivity index (χ4v) is 2.68. The van der Waals surface area contributed by atoms with Crippen LogP contribution >= 0.6 is 0 Å². The van der Waals surface area contributed by atoms with Crippen LogP contribution in [0, 0.1) is 0 Å². The minimum absolute atomic E-state index is 0.345. The van der Waals surface area contributed by atoms with Crippen LogP contribution in [0.15, 0.2) is 42.5 Å². The molecule has 0 saturated carbocycles. The van der Waals surface area contributed by atoms with E-state index in [9.17, 15) is 9.90 Å². The first kappa shape index (κ1) is 12.6. The van der Waals surface area contributed by atoms with Crippen LogP contribution in [-0.4, -0.2) is 11.1 Å². The van der Waals surface area contributed by atoms with E-state index < -0.39 is 5.97 Å². The van der Waals surface area contributed by atoms with Crippen molar-refractivity contribution in [3.05, 3.63) is 53.6 Å². The molecule has 3 aromatic rings. The van der Waals surface area contributed by atoms with Crippen molar-refractivity contribution in [2.75, 3.05) is 0 Å². The molecule has 0 atom stereocenters. The summed E-state index contributed by atoms with van der Waals surface area (Å²) in [5, 5.41) is 11.0. The van der Waals surface area contributed by atoms with Gasteiger partial charge in [-0.25, -0.2) is 4.79 Å². The number of fused-ring (bicyclic) bond motifs is 2. The van der Waals surface area contributed by atoms with Crippen LogP contribution in [0.4, 0.5) is 0 Å². The van der Waals surface area contributed by atoms with Crippen molar-refractivity contribution in [1.29, 1.82) is 0 Å². The number of carboxylic acids is 1. The van der Waals surface area contributed by atoms with Gasteiger partial charge in [-0.1, -0.05) is 18.2 Å². The molecule has 0 amide bonds. The molecule has 0 spiro atoms. The number of aryl methyl sites for hydroxylation is 1. The average Bonchev–Trinajstić information content (AvgIpc) is 2.47. The summed E-state index contributed by atoms with van der Waals surface area (Å²) in [5.74, 6) is -0.910. The number of aromatic carboxylic acids is 1. The highest BCUT2D eigenvalue weighted by atomic mass is 16.4. The van der Waals surface area contributed by atoms with E-state index in [1.165, 1.54) is 0 Å². The van der Waals surface area contributed by atoms with Crippen LogP contribution in [0.1, 0.15) is 15.9 Å². The number of rotatable bonds is 2. The highest BCUT2D eigenvalue weighted by molar-refractivity contribution is 6.12. The molecular formula is C16H15N2O2+. The lowest BCUT2D eigenvalue weighted by molar-refractivity contribution is -0.617. The van der Waals surface area contributed by atoms with Crippen LogP contribution in [0.5, 0.6) is 0 Å². The summed E-state index contributed by atoms with van der Waals surface area (Å²) in [6.45, 7) is 0.436. The fourth-order valence-electron chi connectivity index (χ4n) is 2.68. The van der Waals surface area contributed by atoms with Gasteiger partial charge in [-0.15, -0.1) is 0 Å². The zero-order valence-electron chi connectivity index (χ0n) is 11.1. The van der Waals surface area contributed by atoms with Crippen molar-refractivity contribution in [2.45, 2.75) is 6.54 Å². The molecule has 3 rings (SSSR count). The maximum atomic E-state index is 11.7. The third kappa shape index (κ3) is 1.73. The number of carbonyl (C=O) groups is 1. The predicted molar refractivity (Wildman–Crippen MR) is 77.5 cm³/mol. The molecule has 2 aromatic carbocycles. The number of benzene rings is 2. The van der Waals surface area contributed by atoms with E-state index in [1.54, 1.807) is 0 Å². The maximum absolute atomic E-state index is 11.7. The SMILES string of the molecule is C[n+]1c2ccccc2c(C(=O)O)c2ccc(CN)cc21. The minimum Gasteiger partial charge on any atom is -0.478 e. The van der Waals surface area contributed by atoms with Gasteiger partial charge < -0.3 is 10.8 Å². The van der Waals surface area contributed by atoms with Crippen molar-refractivity contribution in [2.24, 2.45) is 12.8 Å². The Morgan fingerprint density at radius 3 is 2.55 bits per heavy atom. The standard InChI is InChI=1S/C16H14N2O2/c1-18-13-5-3-2-4-11(13)15(16(19)20)12-7-6-10(9-17)8-14(12)18/h2-8H,9,17H2,1H3/p+1. The average molecular weight is 267 g/mol. The Bertz CT molecular complexity index is 841. The molecule has 0 aliphatic heterocycles. The van der Waals surface area contributed by atoms with Gasteiger partial charge in [0.1, 0.15) is 7.05 Å². The second-order valence-electron chi connectivity index (χ2n) is 4.81. The monoisotopic (exact) mass is 267 g/mol. The number of pyridine rings is 1. The maximum Gasteiger partial charge on any atom is 0.337 e. The molecule has 3 N–H and O–H groups in total. The first-order valence-electron chi connectivity index (χ1n) is 6.40. The molecule has 20 heavy (non-hydrogen) atoms. The van der Waals surface area contributed by atoms with Gasteiger partial charge >= 0.3 is 5.97 Å². The smallest absolute Gasteiger partial charge is 0.337 e. The molecule has 1 aromatic heterocycles. The second-order valence-corrected chi connectivity index (χ2v) is 4.81. The van der Waals surface area contributed by atoms with Crippen LogP contribution in [0.3, 0.4) is 0 Å². The molecule has 0 radical (unpaired) electrons. The molecule has 0 aliphatic carbocycles. The predicted octanol–water partition coefficient (Wildman–Crippen LogP) is 1.97. The molecule has 100 valence electrons. The number of nitrogens with zero attached hydrogens (tertiary/aromatic N) is 1. The first-order valence-corrected chi connectivity index (χ1v) is 6.40. The third-order valence-electron chi connectivity index (χ3n) is 3.68. The van der Waals surface area contributed by atoms with E-state index >= 15 is 0 Å². The lowest BCUT2D eigenvalue weighted by atomic mass is 10.0. The van der Waals surface area contributed by atoms with Crippen LogP contribution in [-0.2, 0) is 13.6 Å². The van der Waals surface area contributed by atoms with Crippen LogP contribution < -0.4 is 10.3 Å². The molecule has 0 unspecified atom stereocenters. The zero-order chi connectivity index (χ0) is 14.3. The summed E-state index contributed by atoms with van der Waals surface area (Å²) in [7, 11) is 1.94. The lowest BCUT2D eigenvalue weighted by Crippen LogP contribution is -2.31. The zero-order valence-corrected chi connectivity index (χ0v) is 11.1. The number of hydrogen-bond donors (Lipinski definition) is 2. The quantitative estimate of drug-likeness (QED) is 0.551. The summed E-state index contributed by atoms with van der Waals surface area (Å²) in [6, 6.07) is 13.2. The van der Waals surface area contributed by atoms with E-state index in [-0.39, 0.29) is 0 Å². The van der Waals surface area contributed by atoms with Gasteiger partial charge in [-0.3, -0.25) is 0 Å². The van der Waals surface area contributed by atoms with Crippen molar-refractivity contribution in [3.8, 4) is 0 Å². The van der Waals surface area contributed by atoms with Gasteiger partial charge in [0.05, 0.1) is 16.3 Å². The van der Waals surface area contributed by atoms with Crippen molar-refractivity contribution < 1.29 is 14.5 Å². The molecule has 1 heterocycles. The summed E-state index contributed by atoms with van der Waals surface area (Å²) >= 11 is 0. The van der Waals surface area contributed by atoms with Crippen molar-refractivity contribution in [3.63, 3.8) is 0 Å². The minimum atomic E-state index is -0.910. The topological polar surface area (TPSA) is 67.2 Å². The van der Waals surface area contributed by atoms with E-state index in [1.807, 2.05) is 54.1 Å². The molecule has 0 bridgehead atoms. The molecule has 4 heteroatoms. The normalized spacial score (nSPS) is 11.1. The van der Waals surface area contributed by atoms with Gasteiger partial charge in [-0.2, -0.15) is 4.57 Å². The number of nitrogens with two attached hydrogens (primary N) is 1. The fraction of sp³-hybridized carbons (Fsp3) is 0.125. The van der Waals surface area contributed by atoms with Crippen molar-refractivity contribution in [1.82, 2.24) is 0 Å². The van der Waals surface area contributed by atoms with Gasteiger partial charge in [0.25, 0.3) is 0 Å². The molecule has 0 fully saturated rings.